The molecule has 2 rings (SSSR count). The highest BCUT2D eigenvalue weighted by atomic mass is 16.5. The molecule has 0 aliphatic carbocycles. The van der Waals surface area contributed by atoms with E-state index in [4.69, 9.17) is 4.74 Å². The molecule has 2 aliphatic rings. The van der Waals surface area contributed by atoms with Gasteiger partial charge in [-0.2, -0.15) is 0 Å². The number of nitrogens with zero attached hydrogens (tertiary/aromatic N) is 1. The molecular formula is C11H16N2O3. The Labute approximate surface area is 94.4 Å². The van der Waals surface area contributed by atoms with Crippen LogP contribution in [0.2, 0.25) is 0 Å². The number of fused-ring (bicyclic) bond motifs is 1. The summed E-state index contributed by atoms with van der Waals surface area (Å²) >= 11 is 0. The summed E-state index contributed by atoms with van der Waals surface area (Å²) in [5.41, 5.74) is 0. The van der Waals surface area contributed by atoms with Crippen molar-refractivity contribution in [3.63, 3.8) is 0 Å². The summed E-state index contributed by atoms with van der Waals surface area (Å²) in [6.45, 7) is 5.61. The van der Waals surface area contributed by atoms with Gasteiger partial charge in [-0.15, -0.1) is 0 Å². The standard InChI is InChI=1S/C11H16N2O3/c1-6(2)8-11(15)13-4-5-16-7(3)9(13)10(14)12-8/h4-9H,1-3H3,(H,12,14)/t7-,8-,9+/m1/s1. The number of rotatable bonds is 1. The number of ether oxygens (including phenoxy) is 1. The third-order valence-corrected chi connectivity index (χ3v) is 3.01. The fourth-order valence-corrected chi connectivity index (χ4v) is 2.08. The van der Waals surface area contributed by atoms with Crippen molar-refractivity contribution in [1.29, 1.82) is 0 Å². The molecule has 0 bridgehead atoms. The Bertz CT molecular complexity index is 351. The Balaban J connectivity index is 2.30. The summed E-state index contributed by atoms with van der Waals surface area (Å²) in [5, 5.41) is 2.75. The summed E-state index contributed by atoms with van der Waals surface area (Å²) in [6, 6.07) is -0.966. The molecule has 2 heterocycles. The predicted octanol–water partition coefficient (Wildman–Crippen LogP) is 0.228. The highest BCUT2D eigenvalue weighted by molar-refractivity contribution is 5.98. The zero-order valence-electron chi connectivity index (χ0n) is 9.64. The summed E-state index contributed by atoms with van der Waals surface area (Å²) in [5.74, 6) is -0.120. The van der Waals surface area contributed by atoms with Crippen LogP contribution in [-0.2, 0) is 14.3 Å². The number of hydrogen-bond acceptors (Lipinski definition) is 3. The number of carbonyl (C=O) groups excluding carboxylic acids is 2. The molecule has 0 spiro atoms. The molecule has 2 amide bonds. The third-order valence-electron chi connectivity index (χ3n) is 3.01. The van der Waals surface area contributed by atoms with Gasteiger partial charge in [0, 0.05) is 6.20 Å². The van der Waals surface area contributed by atoms with Crippen LogP contribution in [0.4, 0.5) is 0 Å². The number of piperazine rings is 1. The highest BCUT2D eigenvalue weighted by Crippen LogP contribution is 2.22. The van der Waals surface area contributed by atoms with Crippen LogP contribution >= 0.6 is 0 Å². The van der Waals surface area contributed by atoms with E-state index in [0.29, 0.717) is 0 Å². The van der Waals surface area contributed by atoms with Gasteiger partial charge in [-0.1, -0.05) is 13.8 Å². The Morgan fingerprint density at radius 3 is 2.75 bits per heavy atom. The van der Waals surface area contributed by atoms with Crippen LogP contribution in [0.1, 0.15) is 20.8 Å². The average molecular weight is 224 g/mol. The Morgan fingerprint density at radius 1 is 1.44 bits per heavy atom. The van der Waals surface area contributed by atoms with E-state index in [-0.39, 0.29) is 23.8 Å². The van der Waals surface area contributed by atoms with Gasteiger partial charge in [-0.3, -0.25) is 14.5 Å². The molecule has 0 saturated carbocycles. The molecule has 0 aromatic heterocycles. The van der Waals surface area contributed by atoms with Crippen LogP contribution in [0.3, 0.4) is 0 Å². The van der Waals surface area contributed by atoms with Crippen molar-refractivity contribution in [1.82, 2.24) is 10.2 Å². The van der Waals surface area contributed by atoms with Gasteiger partial charge < -0.3 is 10.1 Å². The van der Waals surface area contributed by atoms with E-state index in [2.05, 4.69) is 5.32 Å². The first-order chi connectivity index (χ1) is 7.52. The van der Waals surface area contributed by atoms with Crippen LogP contribution in [0.15, 0.2) is 12.5 Å². The summed E-state index contributed by atoms with van der Waals surface area (Å²) < 4.78 is 5.23. The monoisotopic (exact) mass is 224 g/mol. The van der Waals surface area contributed by atoms with Crippen molar-refractivity contribution in [2.24, 2.45) is 5.92 Å². The second-order valence-corrected chi connectivity index (χ2v) is 4.55. The highest BCUT2D eigenvalue weighted by Gasteiger charge is 2.45. The smallest absolute Gasteiger partial charge is 0.250 e. The first-order valence-electron chi connectivity index (χ1n) is 5.47. The maximum absolute atomic E-state index is 12.1. The van der Waals surface area contributed by atoms with Crippen molar-refractivity contribution in [2.45, 2.75) is 39.0 Å². The third kappa shape index (κ3) is 1.56. The quantitative estimate of drug-likeness (QED) is 0.693. The average Bonchev–Trinajstić information content (AvgIpc) is 2.22. The molecule has 5 nitrogen and oxygen atoms in total. The second-order valence-electron chi connectivity index (χ2n) is 4.55. The molecule has 5 heteroatoms. The van der Waals surface area contributed by atoms with Gasteiger partial charge in [0.05, 0.1) is 6.26 Å². The van der Waals surface area contributed by atoms with E-state index in [1.807, 2.05) is 13.8 Å². The first kappa shape index (κ1) is 11.0. The lowest BCUT2D eigenvalue weighted by Crippen LogP contribution is -2.66. The van der Waals surface area contributed by atoms with Gasteiger partial charge >= 0.3 is 0 Å². The van der Waals surface area contributed by atoms with Gasteiger partial charge in [0.1, 0.15) is 12.1 Å². The molecular weight excluding hydrogens is 208 g/mol. The minimum atomic E-state index is -0.535. The van der Waals surface area contributed by atoms with E-state index in [1.165, 1.54) is 11.2 Å². The van der Waals surface area contributed by atoms with E-state index in [9.17, 15) is 9.59 Å². The number of hydrogen-bond donors (Lipinski definition) is 1. The molecule has 0 aromatic carbocycles. The molecule has 3 atom stereocenters. The maximum atomic E-state index is 12.1. The lowest BCUT2D eigenvalue weighted by atomic mass is 9.96. The fraction of sp³-hybridized carbons (Fsp3) is 0.636. The van der Waals surface area contributed by atoms with E-state index in [1.54, 1.807) is 13.1 Å². The van der Waals surface area contributed by atoms with Crippen LogP contribution < -0.4 is 5.32 Å². The molecule has 88 valence electrons. The van der Waals surface area contributed by atoms with Crippen LogP contribution in [0.25, 0.3) is 0 Å². The summed E-state index contributed by atoms with van der Waals surface area (Å²) in [4.78, 5) is 25.5. The van der Waals surface area contributed by atoms with E-state index < -0.39 is 12.1 Å². The van der Waals surface area contributed by atoms with Gasteiger partial charge in [0.25, 0.3) is 0 Å². The van der Waals surface area contributed by atoms with Crippen LogP contribution in [0.5, 0.6) is 0 Å². The molecule has 1 N–H and O–H groups in total. The van der Waals surface area contributed by atoms with Crippen molar-refractivity contribution in [3.05, 3.63) is 12.5 Å². The zero-order valence-corrected chi connectivity index (χ0v) is 9.64. The number of carbonyl (C=O) groups is 2. The van der Waals surface area contributed by atoms with Crippen molar-refractivity contribution in [3.8, 4) is 0 Å². The van der Waals surface area contributed by atoms with Crippen molar-refractivity contribution < 1.29 is 14.3 Å². The van der Waals surface area contributed by atoms with E-state index >= 15 is 0 Å². The zero-order chi connectivity index (χ0) is 11.9. The Kier molecular flexibility index (Phi) is 2.61. The maximum Gasteiger partial charge on any atom is 0.250 e. The normalized spacial score (nSPS) is 33.5. The summed E-state index contributed by atoms with van der Waals surface area (Å²) in [6.07, 6.45) is 2.71. The molecule has 0 unspecified atom stereocenters. The van der Waals surface area contributed by atoms with E-state index in [0.717, 1.165) is 0 Å². The molecule has 1 saturated heterocycles. The van der Waals surface area contributed by atoms with Gasteiger partial charge in [-0.25, -0.2) is 0 Å². The molecule has 0 aromatic rings. The summed E-state index contributed by atoms with van der Waals surface area (Å²) in [7, 11) is 0. The van der Waals surface area contributed by atoms with Crippen LogP contribution in [0, 0.1) is 5.92 Å². The van der Waals surface area contributed by atoms with Crippen LogP contribution in [-0.4, -0.2) is 34.9 Å². The fourth-order valence-electron chi connectivity index (χ4n) is 2.08. The number of nitrogens with one attached hydrogen (secondary N) is 1. The minimum Gasteiger partial charge on any atom is -0.494 e. The molecule has 1 fully saturated rings. The van der Waals surface area contributed by atoms with Gasteiger partial charge in [0.2, 0.25) is 11.8 Å². The predicted molar refractivity (Wildman–Crippen MR) is 57.1 cm³/mol. The Morgan fingerprint density at radius 2 is 2.12 bits per heavy atom. The van der Waals surface area contributed by atoms with Gasteiger partial charge in [-0.05, 0) is 12.8 Å². The number of amides is 2. The van der Waals surface area contributed by atoms with Crippen molar-refractivity contribution in [2.75, 3.05) is 0 Å². The Hall–Kier alpha value is -1.52. The lowest BCUT2D eigenvalue weighted by Gasteiger charge is -2.42. The topological polar surface area (TPSA) is 58.6 Å². The SMILES string of the molecule is CC(C)[C@H]1NC(=O)[C@@H]2[C@@H](C)OC=CN2C1=O. The minimum absolute atomic E-state index is 0.0639. The lowest BCUT2D eigenvalue weighted by molar-refractivity contribution is -0.153. The van der Waals surface area contributed by atoms with Crippen molar-refractivity contribution >= 4 is 11.8 Å². The van der Waals surface area contributed by atoms with Gasteiger partial charge in [0.15, 0.2) is 6.04 Å². The largest absolute Gasteiger partial charge is 0.494 e. The molecule has 0 radical (unpaired) electrons. The first-order valence-corrected chi connectivity index (χ1v) is 5.47. The second kappa shape index (κ2) is 3.81. The molecule has 16 heavy (non-hydrogen) atoms. The molecule has 2 aliphatic heterocycles.